The van der Waals surface area contributed by atoms with Crippen molar-refractivity contribution in [2.24, 2.45) is 23.7 Å². The van der Waals surface area contributed by atoms with Gasteiger partial charge in [-0.3, -0.25) is 0 Å². The van der Waals surface area contributed by atoms with Gasteiger partial charge in [0.2, 0.25) is 0 Å². The fourth-order valence-electron chi connectivity index (χ4n) is 14.0. The van der Waals surface area contributed by atoms with Gasteiger partial charge in [0.25, 0.3) is 0 Å². The van der Waals surface area contributed by atoms with Gasteiger partial charge in [0.1, 0.15) is 11.0 Å². The molecule has 5 heterocycles. The summed E-state index contributed by atoms with van der Waals surface area (Å²) in [6, 6.07) is 13.2. The molecule has 0 saturated heterocycles. The molecule has 4 unspecified atom stereocenters. The molecule has 0 aliphatic carbocycles. The number of benzene rings is 2. The fraction of sp³-hybridized carbons (Fsp3) is 0.711. The molecule has 4 aromatic heterocycles. The Morgan fingerprint density at radius 1 is 0.368 bits per heavy atom. The molecule has 1 aliphatic heterocycles. The molecule has 0 spiro atoms. The first-order valence-corrected chi connectivity index (χ1v) is 62.0. The number of nitrogens with zero attached hydrogens (tertiary/aromatic N) is 4. The minimum absolute atomic E-state index is 0.627. The van der Waals surface area contributed by atoms with E-state index in [1.54, 1.807) is 9.75 Å². The Balaban J connectivity index is 0.000000300. The summed E-state index contributed by atoms with van der Waals surface area (Å²) in [5.41, 5.74) is 8.77. The Morgan fingerprint density at radius 2 is 0.644 bits per heavy atom. The van der Waals surface area contributed by atoms with Gasteiger partial charge < -0.3 is 0 Å². The monoisotopic (exact) mass is 1580 g/mol. The van der Waals surface area contributed by atoms with Crippen molar-refractivity contribution in [1.29, 1.82) is 0 Å². The fourth-order valence-corrected chi connectivity index (χ4v) is 35.6. The van der Waals surface area contributed by atoms with E-state index in [4.69, 9.17) is 19.9 Å². The average molecular weight is 1580 g/mol. The van der Waals surface area contributed by atoms with Gasteiger partial charge in [0, 0.05) is 19.7 Å². The zero-order chi connectivity index (χ0) is 63.3. The first-order valence-electron chi connectivity index (χ1n) is 36.4. The van der Waals surface area contributed by atoms with Crippen LogP contribution < -0.4 is 16.2 Å². The number of unbranched alkanes of at least 4 members (excludes halogenated alkanes) is 14. The Kier molecular flexibility index (Phi) is 32.7. The second kappa shape index (κ2) is 37.6. The van der Waals surface area contributed by atoms with E-state index in [-0.39, 0.29) is 0 Å². The van der Waals surface area contributed by atoms with Gasteiger partial charge in [-0.05, 0) is 93.3 Å². The Hall–Kier alpha value is -0.446. The summed E-state index contributed by atoms with van der Waals surface area (Å²) in [5, 5.41) is 6.09. The molecule has 1 aliphatic rings. The summed E-state index contributed by atoms with van der Waals surface area (Å²) in [7, 11) is -1.64. The maximum absolute atomic E-state index is 5.63. The van der Waals surface area contributed by atoms with Crippen molar-refractivity contribution in [1.82, 2.24) is 19.9 Å². The van der Waals surface area contributed by atoms with Crippen LogP contribution in [0.15, 0.2) is 33.2 Å². The van der Waals surface area contributed by atoms with Crippen molar-refractivity contribution in [3.8, 4) is 9.75 Å². The second-order valence-corrected chi connectivity index (χ2v) is 68.1. The first kappa shape index (κ1) is 75.6. The summed E-state index contributed by atoms with van der Waals surface area (Å²) in [6.45, 7) is 23.3. The topological polar surface area (TPSA) is 51.6 Å². The molecule has 0 radical (unpaired) electrons. The second-order valence-electron chi connectivity index (χ2n) is 29.2. The van der Waals surface area contributed by atoms with Gasteiger partial charge in [-0.15, -0.1) is 0 Å². The summed E-state index contributed by atoms with van der Waals surface area (Å²) in [6.07, 6.45) is 41.0. The number of hydrogen-bond acceptors (Lipinski definition) is 6. The predicted octanol–water partition coefficient (Wildman–Crippen LogP) is 24.5. The van der Waals surface area contributed by atoms with E-state index in [1.807, 2.05) is 16.2 Å². The normalized spacial score (nSPS) is 14.6. The Morgan fingerprint density at radius 3 is 0.920 bits per heavy atom. The van der Waals surface area contributed by atoms with Crippen molar-refractivity contribution >= 4 is 148 Å². The van der Waals surface area contributed by atoms with Gasteiger partial charge in [0.15, 0.2) is 0 Å². The number of fused-ring (bicyclic) bond motifs is 8. The summed E-state index contributed by atoms with van der Waals surface area (Å²) in [5.74, 6) is 2.53. The van der Waals surface area contributed by atoms with Crippen LogP contribution in [-0.4, -0.2) is 64.8 Å². The van der Waals surface area contributed by atoms with Crippen molar-refractivity contribution < 1.29 is 0 Å². The molecule has 87 heavy (non-hydrogen) atoms. The molecular weight excluding hydrogens is 1460 g/mol. The predicted molar refractivity (Wildman–Crippen MR) is 409 cm³/mol. The number of hydrogen-bond donors (Lipinski definition) is 0. The molecule has 0 fully saturated rings. The summed E-state index contributed by atoms with van der Waals surface area (Å²) >= 11 is 8.40. The van der Waals surface area contributed by atoms with E-state index in [1.165, 1.54) is 215 Å². The number of rotatable bonds is 40. The van der Waals surface area contributed by atoms with E-state index in [2.05, 4.69) is 178 Å². The molecular formula is C76H124Br2N4S2SiSn2. The van der Waals surface area contributed by atoms with Crippen LogP contribution in [-0.2, 0) is 25.7 Å². The zero-order valence-corrected chi connectivity index (χ0v) is 70.0. The SMILES string of the molecule is CCCCC(CC)Cc1nc2c(Br)cc3c(cc(Br)c4nc(CC(CC)CCCC)c(CC(CC)CCCC)nc43)c2nc1CC(CC)CCCC.CCCCCCCC[Si]1(CCCCCCCC)c2c[c]([Sn]([CH3])([CH3])[CH3])sc2-c2s[c]([Sn]([CH3])([CH3])[CH3])cc21. The van der Waals surface area contributed by atoms with Gasteiger partial charge in [-0.25, -0.2) is 19.9 Å². The molecule has 486 valence electrons. The van der Waals surface area contributed by atoms with Crippen LogP contribution in [0.4, 0.5) is 0 Å². The summed E-state index contributed by atoms with van der Waals surface area (Å²) in [4.78, 5) is 41.6. The van der Waals surface area contributed by atoms with E-state index in [0.717, 1.165) is 67.5 Å². The van der Waals surface area contributed by atoms with Crippen molar-refractivity contribution in [3.63, 3.8) is 0 Å². The quantitative estimate of drug-likeness (QED) is 0.0219. The number of halogens is 2. The van der Waals surface area contributed by atoms with Gasteiger partial charge in [0.05, 0.1) is 33.8 Å². The van der Waals surface area contributed by atoms with Crippen LogP contribution in [0, 0.1) is 23.7 Å². The van der Waals surface area contributed by atoms with E-state index in [9.17, 15) is 0 Å². The average Bonchev–Trinajstić information content (AvgIpc) is 1.65. The summed E-state index contributed by atoms with van der Waals surface area (Å²) < 4.78 is 5.69. The molecule has 0 amide bonds. The van der Waals surface area contributed by atoms with Crippen LogP contribution in [0.3, 0.4) is 0 Å². The van der Waals surface area contributed by atoms with Crippen molar-refractivity contribution in [2.45, 2.75) is 316 Å². The van der Waals surface area contributed by atoms with Crippen LogP contribution in [0.5, 0.6) is 0 Å². The third-order valence-electron chi connectivity index (χ3n) is 20.1. The Labute approximate surface area is 568 Å². The standard InChI is InChI=1S/C46H70Br2N4.C24H36S2Si.6CH3.2Sn/c1-9-17-21-31(13-5)25-39-41(27-33(15-7)23-19-11-3)51-45-37(47)30-36-35(43(45)49-39)29-38(48)46-44(36)50-40(26-32(14-6)22-18-10-2)42(52-46)28-34(16-8)24-20-12-4;1-3-5-7-9-11-13-19-27(20-14-12-10-8-6-4-2)21-15-17-25-23(21)24-22(27)16-18-26-24;;;;;;;;/h29-34H,9-28H2,1-8H3;15-16H,3-14,19-20H2,1-2H3;6*1H3;;. The van der Waals surface area contributed by atoms with Gasteiger partial charge >= 0.3 is 238 Å². The van der Waals surface area contributed by atoms with Gasteiger partial charge in [-0.2, -0.15) is 0 Å². The Bertz CT molecular complexity index is 2830. The number of aromatic nitrogens is 4. The molecule has 0 bridgehead atoms. The maximum atomic E-state index is 5.63. The molecule has 0 N–H and O–H groups in total. The molecule has 0 saturated carbocycles. The van der Waals surface area contributed by atoms with Crippen molar-refractivity contribution in [2.75, 3.05) is 0 Å². The molecule has 4 atom stereocenters. The van der Waals surface area contributed by atoms with Crippen LogP contribution >= 0.6 is 54.5 Å². The van der Waals surface area contributed by atoms with Crippen LogP contribution in [0.2, 0.25) is 41.7 Å². The number of thiophene rings is 2. The van der Waals surface area contributed by atoms with Crippen LogP contribution in [0.25, 0.3) is 42.6 Å². The third-order valence-corrected chi connectivity index (χ3v) is 48.2. The van der Waals surface area contributed by atoms with Gasteiger partial charge in [-0.1, -0.05) is 158 Å². The van der Waals surface area contributed by atoms with E-state index in [0.29, 0.717) is 23.7 Å². The first-order chi connectivity index (χ1) is 41.8. The third kappa shape index (κ3) is 20.8. The van der Waals surface area contributed by atoms with Crippen molar-refractivity contribution in [3.05, 3.63) is 56.0 Å². The minimum atomic E-state index is -2.08. The molecule has 2 aromatic carbocycles. The molecule has 4 nitrogen and oxygen atoms in total. The van der Waals surface area contributed by atoms with E-state index >= 15 is 0 Å². The zero-order valence-electron chi connectivity index (χ0n) is 58.5. The van der Waals surface area contributed by atoms with Crippen LogP contribution in [0.1, 0.15) is 272 Å². The molecule has 11 heteroatoms. The molecule has 7 rings (SSSR count). The van der Waals surface area contributed by atoms with E-state index < -0.39 is 44.8 Å². The molecule has 6 aromatic rings.